The van der Waals surface area contributed by atoms with E-state index in [9.17, 15) is 9.59 Å². The quantitative estimate of drug-likeness (QED) is 0.274. The molecule has 204 valence electrons. The van der Waals surface area contributed by atoms with Gasteiger partial charge in [0.2, 0.25) is 0 Å². The molecule has 0 saturated carbocycles. The molecule has 2 aromatic carbocycles. The van der Waals surface area contributed by atoms with Gasteiger partial charge >= 0.3 is 0 Å². The maximum Gasteiger partial charge on any atom is 0.294 e. The van der Waals surface area contributed by atoms with Crippen molar-refractivity contribution < 1.29 is 4.79 Å². The number of carbonyl (C=O) groups excluding carboxylic acids is 1. The highest BCUT2D eigenvalue weighted by atomic mass is 32.1. The van der Waals surface area contributed by atoms with Crippen molar-refractivity contribution in [2.75, 3.05) is 12.4 Å². The minimum absolute atomic E-state index is 0.226. The first-order valence-electron chi connectivity index (χ1n) is 13.6. The molecule has 0 amide bonds. The van der Waals surface area contributed by atoms with Gasteiger partial charge in [-0.3, -0.25) is 9.36 Å². The zero-order chi connectivity index (χ0) is 27.6. The second-order valence-corrected chi connectivity index (χ2v) is 10.5. The van der Waals surface area contributed by atoms with Crippen LogP contribution in [0.25, 0.3) is 11.1 Å². The number of aromatic nitrogens is 2. The average molecular weight is 544 g/mol. The molecule has 39 heavy (non-hydrogen) atoms. The maximum absolute atomic E-state index is 12.6. The number of carbonyl (C=O) groups is 1. The number of benzene rings is 2. The third kappa shape index (κ3) is 6.89. The normalized spacial score (nSPS) is 14.8. The molecule has 4 heterocycles. The minimum Gasteiger partial charge on any atom is -0.361 e. The van der Waals surface area contributed by atoms with Crippen LogP contribution in [0.15, 0.2) is 71.7 Å². The van der Waals surface area contributed by atoms with Crippen LogP contribution in [0.1, 0.15) is 52.9 Å². The molecule has 0 fully saturated rings. The highest BCUT2D eigenvalue weighted by Gasteiger charge is 2.24. The van der Waals surface area contributed by atoms with Crippen molar-refractivity contribution in [1.82, 2.24) is 20.2 Å². The number of fused-ring (bicyclic) bond motifs is 2. The second kappa shape index (κ2) is 14.0. The van der Waals surface area contributed by atoms with E-state index in [0.29, 0.717) is 19.4 Å². The Morgan fingerprint density at radius 2 is 1.85 bits per heavy atom. The lowest BCUT2D eigenvalue weighted by Crippen LogP contribution is -2.27. The standard InChI is InChI=1S/C21H19N3O2.C8H12N2S.C2H6/c25-14-19-10-9-18-13-23-20(21(26)24(18)19)22-12-15-5-4-8-17(11-15)16-6-2-1-3-7-16;1-9-4-7-2-6-3-10-5-8(6)11-7;1-2/h1-8,11,13-14,19H,9-10,12H2,(H,22,23);2,9-10H,3-5H2,1H3;1-2H3. The summed E-state index contributed by atoms with van der Waals surface area (Å²) in [7, 11) is 1.99. The van der Waals surface area contributed by atoms with Crippen LogP contribution < -0.4 is 21.5 Å². The summed E-state index contributed by atoms with van der Waals surface area (Å²) in [5.74, 6) is 0.285. The van der Waals surface area contributed by atoms with Gasteiger partial charge in [-0.05, 0) is 54.3 Å². The fourth-order valence-electron chi connectivity index (χ4n) is 4.80. The summed E-state index contributed by atoms with van der Waals surface area (Å²) in [4.78, 5) is 31.0. The minimum atomic E-state index is -0.373. The second-order valence-electron chi connectivity index (χ2n) is 9.23. The van der Waals surface area contributed by atoms with Crippen molar-refractivity contribution in [1.29, 1.82) is 0 Å². The van der Waals surface area contributed by atoms with E-state index in [-0.39, 0.29) is 17.4 Å². The Bertz CT molecular complexity index is 1410. The number of nitrogens with one attached hydrogen (secondary N) is 3. The Balaban J connectivity index is 0.000000226. The van der Waals surface area contributed by atoms with E-state index >= 15 is 0 Å². The lowest BCUT2D eigenvalue weighted by Gasteiger charge is -2.11. The summed E-state index contributed by atoms with van der Waals surface area (Å²) < 4.78 is 1.56. The first-order chi connectivity index (χ1) is 19.2. The van der Waals surface area contributed by atoms with Gasteiger partial charge in [0.1, 0.15) is 6.29 Å². The van der Waals surface area contributed by atoms with Gasteiger partial charge in [0, 0.05) is 47.8 Å². The molecule has 2 aliphatic rings. The van der Waals surface area contributed by atoms with Crippen LogP contribution in [0.2, 0.25) is 0 Å². The fraction of sp³-hybridized carbons (Fsp3) is 0.323. The maximum atomic E-state index is 12.6. The van der Waals surface area contributed by atoms with Gasteiger partial charge in [0.15, 0.2) is 5.82 Å². The van der Waals surface area contributed by atoms with E-state index in [1.165, 1.54) is 15.3 Å². The Kier molecular flexibility index (Phi) is 10.2. The Labute approximate surface area is 234 Å². The third-order valence-electron chi connectivity index (χ3n) is 6.65. The average Bonchev–Trinajstić information content (AvgIpc) is 3.71. The predicted molar refractivity (Wildman–Crippen MR) is 160 cm³/mol. The summed E-state index contributed by atoms with van der Waals surface area (Å²) in [6, 6.07) is 20.3. The zero-order valence-electron chi connectivity index (χ0n) is 22.9. The Hall–Kier alpha value is -3.59. The highest BCUT2D eigenvalue weighted by Crippen LogP contribution is 2.26. The SMILES string of the molecule is CC.CNCc1cc2c(s1)CNC2.O=CC1CCc2cnc(NCc3cccc(-c4ccccc4)c3)c(=O)n21. The van der Waals surface area contributed by atoms with Crippen LogP contribution in [0.4, 0.5) is 5.82 Å². The Morgan fingerprint density at radius 3 is 2.59 bits per heavy atom. The fourth-order valence-corrected chi connectivity index (χ4v) is 5.97. The van der Waals surface area contributed by atoms with Crippen molar-refractivity contribution in [2.24, 2.45) is 0 Å². The predicted octanol–water partition coefficient (Wildman–Crippen LogP) is 5.31. The molecule has 3 N–H and O–H groups in total. The molecule has 1 unspecified atom stereocenters. The molecule has 0 aliphatic carbocycles. The molecule has 8 heteroatoms. The van der Waals surface area contributed by atoms with Crippen molar-refractivity contribution in [3.05, 3.63) is 104 Å². The number of hydrogen-bond donors (Lipinski definition) is 3. The first kappa shape index (κ1) is 28.4. The molecule has 7 nitrogen and oxygen atoms in total. The van der Waals surface area contributed by atoms with Gasteiger partial charge < -0.3 is 20.7 Å². The van der Waals surface area contributed by atoms with Crippen LogP contribution in [0, 0.1) is 0 Å². The number of rotatable bonds is 7. The number of aryl methyl sites for hydroxylation is 1. The summed E-state index contributed by atoms with van der Waals surface area (Å²) in [6.45, 7) is 7.64. The number of nitrogens with zero attached hydrogens (tertiary/aromatic N) is 2. The number of thiophene rings is 1. The molecule has 4 aromatic rings. The molecule has 6 rings (SSSR count). The molecule has 0 radical (unpaired) electrons. The van der Waals surface area contributed by atoms with Gasteiger partial charge in [0.25, 0.3) is 5.56 Å². The van der Waals surface area contributed by atoms with Crippen molar-refractivity contribution in [2.45, 2.75) is 58.9 Å². The van der Waals surface area contributed by atoms with E-state index in [0.717, 1.165) is 48.3 Å². The molecule has 0 saturated heterocycles. The van der Waals surface area contributed by atoms with E-state index in [2.05, 4.69) is 51.3 Å². The number of aldehydes is 1. The van der Waals surface area contributed by atoms with Gasteiger partial charge in [-0.2, -0.15) is 0 Å². The number of hydrogen-bond acceptors (Lipinski definition) is 7. The molecule has 0 bridgehead atoms. The van der Waals surface area contributed by atoms with Crippen LogP contribution in [-0.2, 0) is 37.4 Å². The molecule has 2 aliphatic heterocycles. The van der Waals surface area contributed by atoms with Crippen molar-refractivity contribution in [3.8, 4) is 11.1 Å². The molecule has 1 atom stereocenters. The lowest BCUT2D eigenvalue weighted by molar-refractivity contribution is -0.110. The zero-order valence-corrected chi connectivity index (χ0v) is 23.7. The van der Waals surface area contributed by atoms with Crippen LogP contribution >= 0.6 is 11.3 Å². The summed E-state index contributed by atoms with van der Waals surface area (Å²) in [5, 5.41) is 9.61. The molecule has 0 spiro atoms. The number of anilines is 1. The monoisotopic (exact) mass is 543 g/mol. The van der Waals surface area contributed by atoms with Crippen molar-refractivity contribution >= 4 is 23.4 Å². The van der Waals surface area contributed by atoms with Crippen molar-refractivity contribution in [3.63, 3.8) is 0 Å². The van der Waals surface area contributed by atoms with Crippen LogP contribution in [-0.4, -0.2) is 22.9 Å². The van der Waals surface area contributed by atoms with E-state index in [1.54, 1.807) is 10.8 Å². The lowest BCUT2D eigenvalue weighted by atomic mass is 10.0. The molecular formula is C31H37N5O2S. The van der Waals surface area contributed by atoms with Gasteiger partial charge in [-0.15, -0.1) is 11.3 Å². The molecular weight excluding hydrogens is 506 g/mol. The highest BCUT2D eigenvalue weighted by molar-refractivity contribution is 7.12. The van der Waals surface area contributed by atoms with Gasteiger partial charge in [0.05, 0.1) is 6.04 Å². The topological polar surface area (TPSA) is 88.1 Å². The third-order valence-corrected chi connectivity index (χ3v) is 7.83. The largest absolute Gasteiger partial charge is 0.361 e. The van der Waals surface area contributed by atoms with Crippen LogP contribution in [0.5, 0.6) is 0 Å². The van der Waals surface area contributed by atoms with Crippen LogP contribution in [0.3, 0.4) is 0 Å². The van der Waals surface area contributed by atoms with E-state index < -0.39 is 0 Å². The first-order valence-corrected chi connectivity index (χ1v) is 14.4. The van der Waals surface area contributed by atoms with Gasteiger partial charge in [-0.25, -0.2) is 4.98 Å². The van der Waals surface area contributed by atoms with Gasteiger partial charge in [-0.1, -0.05) is 62.4 Å². The summed E-state index contributed by atoms with van der Waals surface area (Å²) in [5.41, 5.74) is 5.44. The smallest absolute Gasteiger partial charge is 0.294 e. The summed E-state index contributed by atoms with van der Waals surface area (Å²) in [6.07, 6.45) is 3.91. The van der Waals surface area contributed by atoms with E-state index in [1.807, 2.05) is 62.6 Å². The Morgan fingerprint density at radius 1 is 1.05 bits per heavy atom. The van der Waals surface area contributed by atoms with E-state index in [4.69, 9.17) is 0 Å². The molecule has 2 aromatic heterocycles. The summed E-state index contributed by atoms with van der Waals surface area (Å²) >= 11 is 1.92.